The molecule has 1 fully saturated rings. The number of methoxy groups -OCH3 is 1. The molecule has 1 aliphatic rings. The Morgan fingerprint density at radius 1 is 1.15 bits per heavy atom. The SMILES string of the molecule is COC(=O)C1CC[NH+](CC(=O)Nc2ccc(C(=O)OC(C)C)cc2)CC1. The van der Waals surface area contributed by atoms with Crippen molar-refractivity contribution in [3.63, 3.8) is 0 Å². The van der Waals surface area contributed by atoms with Crippen molar-refractivity contribution in [1.29, 1.82) is 0 Å². The predicted octanol–water partition coefficient (Wildman–Crippen LogP) is 0.658. The molecule has 0 spiro atoms. The van der Waals surface area contributed by atoms with E-state index in [2.05, 4.69) is 5.32 Å². The molecule has 2 rings (SSSR count). The summed E-state index contributed by atoms with van der Waals surface area (Å²) in [5.74, 6) is -0.681. The first-order valence-corrected chi connectivity index (χ1v) is 8.91. The lowest BCUT2D eigenvalue weighted by atomic mass is 9.97. The first-order valence-electron chi connectivity index (χ1n) is 8.91. The molecule has 1 aliphatic heterocycles. The van der Waals surface area contributed by atoms with Crippen molar-refractivity contribution >= 4 is 23.5 Å². The van der Waals surface area contributed by atoms with Crippen LogP contribution in [0.2, 0.25) is 0 Å². The van der Waals surface area contributed by atoms with E-state index in [1.807, 2.05) is 0 Å². The average molecular weight is 363 g/mol. The molecule has 0 unspecified atom stereocenters. The molecule has 0 saturated carbocycles. The Morgan fingerprint density at radius 3 is 2.31 bits per heavy atom. The van der Waals surface area contributed by atoms with Gasteiger partial charge in [-0.2, -0.15) is 0 Å². The zero-order chi connectivity index (χ0) is 19.1. The minimum atomic E-state index is -0.379. The summed E-state index contributed by atoms with van der Waals surface area (Å²) in [6.45, 7) is 5.48. The molecule has 1 amide bonds. The highest BCUT2D eigenvalue weighted by molar-refractivity contribution is 5.93. The van der Waals surface area contributed by atoms with Crippen LogP contribution in [0.15, 0.2) is 24.3 Å². The molecule has 1 aromatic rings. The van der Waals surface area contributed by atoms with Crippen molar-refractivity contribution in [2.24, 2.45) is 5.92 Å². The second kappa shape index (κ2) is 9.33. The molecular weight excluding hydrogens is 336 g/mol. The van der Waals surface area contributed by atoms with Gasteiger partial charge in [0.25, 0.3) is 5.91 Å². The number of carbonyl (C=O) groups excluding carboxylic acids is 3. The van der Waals surface area contributed by atoms with E-state index in [0.717, 1.165) is 30.8 Å². The maximum Gasteiger partial charge on any atom is 0.338 e. The lowest BCUT2D eigenvalue weighted by Crippen LogP contribution is -3.14. The third kappa shape index (κ3) is 5.84. The Bertz CT molecular complexity index is 634. The lowest BCUT2D eigenvalue weighted by Gasteiger charge is -2.27. The van der Waals surface area contributed by atoms with E-state index in [-0.39, 0.29) is 29.9 Å². The number of anilines is 1. The largest absolute Gasteiger partial charge is 0.469 e. The molecule has 2 N–H and O–H groups in total. The second-order valence-electron chi connectivity index (χ2n) is 6.80. The fourth-order valence-electron chi connectivity index (χ4n) is 3.01. The standard InChI is InChI=1S/C19H26N2O5/c1-13(2)26-19(24)14-4-6-16(7-5-14)20-17(22)12-21-10-8-15(9-11-21)18(23)25-3/h4-7,13,15H,8-12H2,1-3H3,(H,20,22)/p+1. The van der Waals surface area contributed by atoms with E-state index in [9.17, 15) is 14.4 Å². The van der Waals surface area contributed by atoms with Gasteiger partial charge in [0.05, 0.1) is 37.8 Å². The van der Waals surface area contributed by atoms with Gasteiger partial charge in [-0.1, -0.05) is 0 Å². The number of hydrogen-bond donors (Lipinski definition) is 2. The van der Waals surface area contributed by atoms with E-state index in [0.29, 0.717) is 17.8 Å². The maximum absolute atomic E-state index is 12.2. The summed E-state index contributed by atoms with van der Waals surface area (Å²) in [5, 5.41) is 2.84. The molecule has 1 aromatic carbocycles. The van der Waals surface area contributed by atoms with Gasteiger partial charge < -0.3 is 19.7 Å². The average Bonchev–Trinajstić information content (AvgIpc) is 2.61. The van der Waals surface area contributed by atoms with Crippen LogP contribution in [-0.2, 0) is 19.1 Å². The third-order valence-corrected chi connectivity index (χ3v) is 4.38. The van der Waals surface area contributed by atoms with Crippen molar-refractivity contribution in [2.45, 2.75) is 32.8 Å². The van der Waals surface area contributed by atoms with E-state index in [1.54, 1.807) is 38.1 Å². The van der Waals surface area contributed by atoms with Gasteiger partial charge in [0.1, 0.15) is 0 Å². The minimum absolute atomic E-state index is 0.0510. The highest BCUT2D eigenvalue weighted by atomic mass is 16.5. The number of piperidine rings is 1. The molecule has 1 heterocycles. The first kappa shape index (κ1) is 19.9. The Hall–Kier alpha value is -2.41. The number of nitrogens with one attached hydrogen (secondary N) is 2. The van der Waals surface area contributed by atoms with Crippen LogP contribution in [0.25, 0.3) is 0 Å². The number of ether oxygens (including phenoxy) is 2. The van der Waals surface area contributed by atoms with Crippen molar-refractivity contribution in [1.82, 2.24) is 0 Å². The molecule has 7 nitrogen and oxygen atoms in total. The summed E-state index contributed by atoms with van der Waals surface area (Å²) in [7, 11) is 1.41. The second-order valence-corrected chi connectivity index (χ2v) is 6.80. The van der Waals surface area contributed by atoms with Crippen LogP contribution in [0, 0.1) is 5.92 Å². The molecule has 0 atom stereocenters. The summed E-state index contributed by atoms with van der Waals surface area (Å²) in [5.41, 5.74) is 1.09. The number of benzene rings is 1. The van der Waals surface area contributed by atoms with E-state index >= 15 is 0 Å². The zero-order valence-electron chi connectivity index (χ0n) is 15.5. The zero-order valence-corrected chi connectivity index (χ0v) is 15.5. The number of hydrogen-bond acceptors (Lipinski definition) is 5. The maximum atomic E-state index is 12.2. The van der Waals surface area contributed by atoms with Crippen molar-refractivity contribution in [2.75, 3.05) is 32.1 Å². The van der Waals surface area contributed by atoms with E-state index < -0.39 is 0 Å². The molecule has 26 heavy (non-hydrogen) atoms. The normalized spacial score (nSPS) is 19.7. The highest BCUT2D eigenvalue weighted by Gasteiger charge is 2.29. The van der Waals surface area contributed by atoms with Crippen LogP contribution in [0.4, 0.5) is 5.69 Å². The number of amides is 1. The van der Waals surface area contributed by atoms with Crippen LogP contribution < -0.4 is 10.2 Å². The smallest absolute Gasteiger partial charge is 0.338 e. The Balaban J connectivity index is 1.79. The van der Waals surface area contributed by atoms with E-state index in [4.69, 9.17) is 9.47 Å². The molecule has 1 saturated heterocycles. The first-order chi connectivity index (χ1) is 12.4. The quantitative estimate of drug-likeness (QED) is 0.725. The summed E-state index contributed by atoms with van der Waals surface area (Å²) in [4.78, 5) is 36.7. The van der Waals surface area contributed by atoms with Crippen molar-refractivity contribution in [3.8, 4) is 0 Å². The number of rotatable bonds is 6. The van der Waals surface area contributed by atoms with Gasteiger partial charge in [0.2, 0.25) is 0 Å². The van der Waals surface area contributed by atoms with Gasteiger partial charge in [-0.05, 0) is 38.1 Å². The van der Waals surface area contributed by atoms with Crippen molar-refractivity contribution < 1.29 is 28.8 Å². The topological polar surface area (TPSA) is 86.1 Å². The fraction of sp³-hybridized carbons (Fsp3) is 0.526. The minimum Gasteiger partial charge on any atom is -0.469 e. The third-order valence-electron chi connectivity index (χ3n) is 4.38. The van der Waals surface area contributed by atoms with Crippen LogP contribution in [0.3, 0.4) is 0 Å². The summed E-state index contributed by atoms with van der Waals surface area (Å²) >= 11 is 0. The van der Waals surface area contributed by atoms with Crippen LogP contribution in [-0.4, -0.2) is 50.7 Å². The number of likely N-dealkylation sites (tertiary alicyclic amines) is 1. The highest BCUT2D eigenvalue weighted by Crippen LogP contribution is 2.12. The number of carbonyl (C=O) groups is 3. The molecule has 0 radical (unpaired) electrons. The summed E-state index contributed by atoms with van der Waals surface area (Å²) in [6, 6.07) is 6.64. The van der Waals surface area contributed by atoms with Crippen LogP contribution in [0.5, 0.6) is 0 Å². The number of quaternary nitrogens is 1. The van der Waals surface area contributed by atoms with Gasteiger partial charge in [0.15, 0.2) is 6.54 Å². The molecule has 0 bridgehead atoms. The Morgan fingerprint density at radius 2 is 1.77 bits per heavy atom. The fourth-order valence-corrected chi connectivity index (χ4v) is 3.01. The summed E-state index contributed by atoms with van der Waals surface area (Å²) < 4.78 is 9.90. The molecule has 7 heteroatoms. The van der Waals surface area contributed by atoms with Gasteiger partial charge in [0, 0.05) is 18.5 Å². The molecular formula is C19H27N2O5+. The molecule has 142 valence electrons. The Kier molecular flexibility index (Phi) is 7.15. The predicted molar refractivity (Wildman–Crippen MR) is 95.9 cm³/mol. The van der Waals surface area contributed by atoms with Crippen LogP contribution >= 0.6 is 0 Å². The molecule has 0 aliphatic carbocycles. The number of esters is 2. The Labute approximate surface area is 153 Å². The van der Waals surface area contributed by atoms with Crippen LogP contribution in [0.1, 0.15) is 37.0 Å². The van der Waals surface area contributed by atoms with Gasteiger partial charge >= 0.3 is 11.9 Å². The lowest BCUT2D eigenvalue weighted by molar-refractivity contribution is -0.897. The van der Waals surface area contributed by atoms with Gasteiger partial charge in [-0.3, -0.25) is 9.59 Å². The van der Waals surface area contributed by atoms with Crippen molar-refractivity contribution in [3.05, 3.63) is 29.8 Å². The van der Waals surface area contributed by atoms with Gasteiger partial charge in [-0.25, -0.2) is 4.79 Å². The monoisotopic (exact) mass is 363 g/mol. The van der Waals surface area contributed by atoms with E-state index in [1.165, 1.54) is 7.11 Å². The molecule has 0 aromatic heterocycles. The summed E-state index contributed by atoms with van der Waals surface area (Å²) in [6.07, 6.45) is 1.30. The van der Waals surface area contributed by atoms with Gasteiger partial charge in [-0.15, -0.1) is 0 Å².